The molecule has 33 heavy (non-hydrogen) atoms. The molecule has 0 aliphatic heterocycles. The van der Waals surface area contributed by atoms with Gasteiger partial charge in [0.25, 0.3) is 0 Å². The summed E-state index contributed by atoms with van der Waals surface area (Å²) in [5.74, 6) is 0. The van der Waals surface area contributed by atoms with E-state index in [1.54, 1.807) is 10.7 Å². The predicted octanol–water partition coefficient (Wildman–Crippen LogP) is 11.2. The number of nitrogens with zero attached hydrogens (tertiary/aromatic N) is 1. The highest BCUT2D eigenvalue weighted by Gasteiger charge is 2.40. The van der Waals surface area contributed by atoms with E-state index in [9.17, 15) is 0 Å². The summed E-state index contributed by atoms with van der Waals surface area (Å²) in [6.45, 7) is 36.1. The van der Waals surface area contributed by atoms with Gasteiger partial charge in [0.1, 0.15) is 0 Å². The summed E-state index contributed by atoms with van der Waals surface area (Å²) in [6, 6.07) is 5.10. The lowest BCUT2D eigenvalue weighted by Crippen LogP contribution is -2.28. The normalized spacial score (nSPS) is 15.1. The molecule has 2 rings (SSSR count). The Kier molecular flexibility index (Phi) is 7.99. The maximum Gasteiger partial charge on any atom is 0.0602 e. The van der Waals surface area contributed by atoms with E-state index < -0.39 is 0 Å². The summed E-state index contributed by atoms with van der Waals surface area (Å²) in [5.41, 5.74) is 6.66. The van der Waals surface area contributed by atoms with Crippen molar-refractivity contribution in [2.45, 2.75) is 150 Å². The smallest absolute Gasteiger partial charge is 0.0602 e. The topological polar surface area (TPSA) is 4.93 Å². The van der Waals surface area contributed by atoms with Gasteiger partial charge in [-0.3, -0.25) is 4.09 Å². The first-order valence-electron chi connectivity index (χ1n) is 13.1. The lowest BCUT2D eigenvalue weighted by Gasteiger charge is -2.44. The van der Waals surface area contributed by atoms with Gasteiger partial charge in [0.15, 0.2) is 0 Å². The van der Waals surface area contributed by atoms with Crippen LogP contribution in [-0.4, -0.2) is 4.09 Å². The van der Waals surface area contributed by atoms with Crippen LogP contribution in [0, 0.1) is 0 Å². The van der Waals surface area contributed by atoms with Gasteiger partial charge in [-0.2, -0.15) is 0 Å². The highest BCUT2D eigenvalue weighted by Crippen LogP contribution is 2.66. The predicted molar refractivity (Wildman–Crippen MR) is 155 cm³/mol. The van der Waals surface area contributed by atoms with E-state index in [1.807, 2.05) is 0 Å². The minimum atomic E-state index is -0.364. The first-order chi connectivity index (χ1) is 14.7. The molecule has 0 amide bonds. The second kappa shape index (κ2) is 9.17. The van der Waals surface area contributed by atoms with E-state index in [4.69, 9.17) is 0 Å². The van der Waals surface area contributed by atoms with Crippen molar-refractivity contribution in [2.24, 2.45) is 0 Å². The maximum absolute atomic E-state index is 2.88. The zero-order valence-electron chi connectivity index (χ0n) is 24.6. The molecule has 3 heteroatoms. The number of benzene rings is 1. The molecule has 0 aliphatic rings. The average Bonchev–Trinajstić information content (AvgIpc) is 2.61. The molecule has 0 N–H and O–H groups in total. The maximum atomic E-state index is 2.88. The van der Waals surface area contributed by atoms with Gasteiger partial charge in [0.05, 0.1) is 5.69 Å². The van der Waals surface area contributed by atoms with E-state index >= 15 is 0 Å². The highest BCUT2D eigenvalue weighted by atomic mass is 31.2. The summed E-state index contributed by atoms with van der Waals surface area (Å²) in [6.07, 6.45) is 3.77. The third kappa shape index (κ3) is 5.51. The Labute approximate surface area is 209 Å². The second-order valence-electron chi connectivity index (χ2n) is 14.2. The zero-order chi connectivity index (χ0) is 25.8. The van der Waals surface area contributed by atoms with Crippen LogP contribution in [0.4, 0.5) is 0 Å². The minimum Gasteiger partial charge on any atom is -0.281 e. The number of aromatic nitrogens is 1. The van der Waals surface area contributed by atoms with Crippen molar-refractivity contribution in [2.75, 3.05) is 0 Å². The Hall–Kier alpha value is -0.510. The van der Waals surface area contributed by atoms with Crippen molar-refractivity contribution in [3.8, 4) is 5.69 Å². The molecule has 0 saturated carbocycles. The summed E-state index contributed by atoms with van der Waals surface area (Å²) in [5, 5.41) is 2.17. The quantitative estimate of drug-likeness (QED) is 0.393. The fraction of sp³-hybridized carbons (Fsp3) is 0.767. The Morgan fingerprint density at radius 1 is 0.636 bits per heavy atom. The molecular formula is C30H53NP2. The molecule has 1 nitrogen and oxygen atoms in total. The van der Waals surface area contributed by atoms with Gasteiger partial charge in [0.2, 0.25) is 0 Å². The van der Waals surface area contributed by atoms with Gasteiger partial charge in [-0.05, 0) is 65.3 Å². The van der Waals surface area contributed by atoms with Crippen LogP contribution < -0.4 is 0 Å². The van der Waals surface area contributed by atoms with Crippen molar-refractivity contribution in [3.63, 3.8) is 0 Å². The Morgan fingerprint density at radius 2 is 1.03 bits per heavy atom. The van der Waals surface area contributed by atoms with E-state index in [0.717, 1.165) is 0 Å². The fourth-order valence-corrected chi connectivity index (χ4v) is 11.1. The molecule has 188 valence electrons. The van der Waals surface area contributed by atoms with Gasteiger partial charge in [-0.1, -0.05) is 116 Å². The van der Waals surface area contributed by atoms with E-state index in [-0.39, 0.29) is 29.4 Å². The monoisotopic (exact) mass is 489 g/mol. The van der Waals surface area contributed by atoms with Crippen LogP contribution in [0.3, 0.4) is 0 Å². The molecule has 0 fully saturated rings. The van der Waals surface area contributed by atoms with Gasteiger partial charge in [0, 0.05) is 18.5 Å². The van der Waals surface area contributed by atoms with Crippen molar-refractivity contribution < 1.29 is 0 Å². The highest BCUT2D eigenvalue weighted by molar-refractivity contribution is 7.65. The summed E-state index contributed by atoms with van der Waals surface area (Å²) >= 11 is 0. The largest absolute Gasteiger partial charge is 0.281 e. The lowest BCUT2D eigenvalue weighted by atomic mass is 9.74. The molecule has 1 heterocycles. The van der Waals surface area contributed by atoms with Crippen molar-refractivity contribution in [1.82, 2.24) is 4.09 Å². The van der Waals surface area contributed by atoms with Gasteiger partial charge < -0.3 is 0 Å². The van der Waals surface area contributed by atoms with Crippen LogP contribution in [0.15, 0.2) is 12.1 Å². The first-order valence-corrected chi connectivity index (χ1v) is 15.3. The Morgan fingerprint density at radius 3 is 1.30 bits per heavy atom. The Balaban J connectivity index is 3.11. The van der Waals surface area contributed by atoms with Gasteiger partial charge in [-0.25, -0.2) is 0 Å². The van der Waals surface area contributed by atoms with Crippen molar-refractivity contribution in [3.05, 3.63) is 33.9 Å². The standard InChI is InChI=1S/C30H53NP2/c1-16-30(17-2,18-3)33-25(29(13,14)15)32-31(33)24-22(27(7,8)9)19-21(26(4,5)6)20-23(24)28(10,11)12/h19-20H,16-18H2,1-15H3. The molecule has 0 aliphatic carbocycles. The van der Waals surface area contributed by atoms with Crippen molar-refractivity contribution in [1.29, 1.82) is 0 Å². The fourth-order valence-electron chi connectivity index (χ4n) is 4.90. The minimum absolute atomic E-state index is 0.0951. The summed E-state index contributed by atoms with van der Waals surface area (Å²) in [4.78, 5) is 0. The molecular weight excluding hydrogens is 436 g/mol. The molecule has 1 atom stereocenters. The molecule has 0 radical (unpaired) electrons. The third-order valence-electron chi connectivity index (χ3n) is 7.47. The first kappa shape index (κ1) is 28.7. The van der Waals surface area contributed by atoms with E-state index in [2.05, 4.69) is 120 Å². The van der Waals surface area contributed by atoms with Crippen molar-refractivity contribution >= 4 is 16.0 Å². The molecule has 2 aromatic rings. The van der Waals surface area contributed by atoms with Crippen LogP contribution in [0.1, 0.15) is 145 Å². The summed E-state index contributed by atoms with van der Waals surface area (Å²) in [7, 11) is 1.07. The van der Waals surface area contributed by atoms with E-state index in [1.165, 1.54) is 44.3 Å². The molecule has 0 saturated heterocycles. The van der Waals surface area contributed by atoms with Crippen LogP contribution in [0.5, 0.6) is 0 Å². The van der Waals surface area contributed by atoms with Gasteiger partial charge >= 0.3 is 0 Å². The SMILES string of the molecule is CCC(CC)(CC)p1c(C(C)(C)C)pn1-c1c(C(C)(C)C)cc(C(C)(C)C)cc1C(C)(C)C. The number of hydrogen-bond donors (Lipinski definition) is 0. The van der Waals surface area contributed by atoms with Crippen LogP contribution in [-0.2, 0) is 26.8 Å². The van der Waals surface area contributed by atoms with E-state index in [0.29, 0.717) is 5.16 Å². The molecule has 1 aromatic carbocycles. The zero-order valence-corrected chi connectivity index (χ0v) is 26.4. The molecule has 0 bridgehead atoms. The van der Waals surface area contributed by atoms with Crippen LogP contribution in [0.25, 0.3) is 5.69 Å². The number of hydrogen-bond acceptors (Lipinski definition) is 0. The Bertz CT molecular complexity index is 912. The summed E-state index contributed by atoms with van der Waals surface area (Å²) < 4.78 is 2.88. The van der Waals surface area contributed by atoms with Gasteiger partial charge in [-0.15, -0.1) is 0 Å². The third-order valence-corrected chi connectivity index (χ3v) is 13.9. The average molecular weight is 490 g/mol. The molecule has 0 spiro atoms. The van der Waals surface area contributed by atoms with Crippen LogP contribution >= 0.6 is 16.0 Å². The lowest BCUT2D eigenvalue weighted by molar-refractivity contribution is 0.460. The second-order valence-corrected chi connectivity index (χ2v) is 18.4. The van der Waals surface area contributed by atoms with Crippen LogP contribution in [0.2, 0.25) is 0 Å². The molecule has 1 unspecified atom stereocenters. The molecule has 1 aromatic heterocycles. The number of rotatable bonds is 5.